The van der Waals surface area contributed by atoms with Gasteiger partial charge in [0, 0.05) is 31.6 Å². The Morgan fingerprint density at radius 1 is 1.09 bits per heavy atom. The van der Waals surface area contributed by atoms with E-state index in [2.05, 4.69) is 5.32 Å². The van der Waals surface area contributed by atoms with Gasteiger partial charge in [-0.05, 0) is 55.5 Å². The maximum absolute atomic E-state index is 12.7. The fourth-order valence-electron chi connectivity index (χ4n) is 3.81. The number of piperidine rings is 1. The minimum Gasteiger partial charge on any atom is -0.493 e. The van der Waals surface area contributed by atoms with Crippen LogP contribution in [0.15, 0.2) is 54.6 Å². The molecule has 1 heterocycles. The highest BCUT2D eigenvalue weighted by atomic mass is 16.5. The van der Waals surface area contributed by atoms with Crippen molar-refractivity contribution in [2.45, 2.75) is 38.6 Å². The second kappa shape index (κ2) is 11.9. The maximum Gasteiger partial charge on any atom is 0.244 e. The zero-order valence-corrected chi connectivity index (χ0v) is 18.9. The van der Waals surface area contributed by atoms with Crippen LogP contribution in [0.5, 0.6) is 11.5 Å². The molecule has 0 unspecified atom stereocenters. The van der Waals surface area contributed by atoms with E-state index in [9.17, 15) is 9.59 Å². The van der Waals surface area contributed by atoms with E-state index in [1.807, 2.05) is 66.4 Å². The summed E-state index contributed by atoms with van der Waals surface area (Å²) in [5.74, 6) is 1.46. The Hall–Kier alpha value is -3.28. The van der Waals surface area contributed by atoms with Crippen molar-refractivity contribution in [3.05, 3.63) is 65.7 Å². The summed E-state index contributed by atoms with van der Waals surface area (Å²) in [4.78, 5) is 26.7. The van der Waals surface area contributed by atoms with Gasteiger partial charge in [0.2, 0.25) is 11.8 Å². The van der Waals surface area contributed by atoms with Crippen molar-refractivity contribution < 1.29 is 19.1 Å². The van der Waals surface area contributed by atoms with Gasteiger partial charge < -0.3 is 19.7 Å². The first-order chi connectivity index (χ1) is 15.6. The summed E-state index contributed by atoms with van der Waals surface area (Å²) in [6, 6.07) is 15.6. The van der Waals surface area contributed by atoms with Gasteiger partial charge in [-0.2, -0.15) is 0 Å². The Labute approximate surface area is 190 Å². The van der Waals surface area contributed by atoms with Crippen molar-refractivity contribution in [3.63, 3.8) is 0 Å². The molecule has 0 spiro atoms. The molecular formula is C26H32N2O4. The van der Waals surface area contributed by atoms with Crippen LogP contribution in [0.25, 0.3) is 6.08 Å². The van der Waals surface area contributed by atoms with Gasteiger partial charge >= 0.3 is 0 Å². The Bertz CT molecular complexity index is 919. The lowest BCUT2D eigenvalue weighted by atomic mass is 10.0. The number of rotatable bonds is 9. The summed E-state index contributed by atoms with van der Waals surface area (Å²) in [6.45, 7) is 3.84. The monoisotopic (exact) mass is 436 g/mol. The molecule has 0 aromatic heterocycles. The average Bonchev–Trinajstić information content (AvgIpc) is 2.83. The molecule has 0 atom stereocenters. The molecule has 1 N–H and O–H groups in total. The van der Waals surface area contributed by atoms with Gasteiger partial charge in [0.15, 0.2) is 11.5 Å². The quantitative estimate of drug-likeness (QED) is 0.607. The number of carbonyl (C=O) groups is 2. The lowest BCUT2D eigenvalue weighted by Crippen LogP contribution is -2.46. The summed E-state index contributed by atoms with van der Waals surface area (Å²) >= 11 is 0. The molecule has 32 heavy (non-hydrogen) atoms. The van der Waals surface area contributed by atoms with Gasteiger partial charge in [-0.15, -0.1) is 0 Å². The molecule has 3 rings (SSSR count). The maximum atomic E-state index is 12.7. The molecule has 0 radical (unpaired) electrons. The highest BCUT2D eigenvalue weighted by Crippen LogP contribution is 2.28. The molecule has 0 bridgehead atoms. The predicted molar refractivity (Wildman–Crippen MR) is 126 cm³/mol. The third-order valence-corrected chi connectivity index (χ3v) is 5.58. The first-order valence-corrected chi connectivity index (χ1v) is 11.2. The molecular weight excluding hydrogens is 404 g/mol. The Morgan fingerprint density at radius 2 is 1.84 bits per heavy atom. The van der Waals surface area contributed by atoms with E-state index < -0.39 is 0 Å². The minimum atomic E-state index is -0.0944. The van der Waals surface area contributed by atoms with Crippen molar-refractivity contribution in [1.29, 1.82) is 0 Å². The van der Waals surface area contributed by atoms with E-state index in [0.29, 0.717) is 44.0 Å². The summed E-state index contributed by atoms with van der Waals surface area (Å²) < 4.78 is 10.9. The highest BCUT2D eigenvalue weighted by Gasteiger charge is 2.23. The second-order valence-corrected chi connectivity index (χ2v) is 7.83. The van der Waals surface area contributed by atoms with Gasteiger partial charge in [-0.25, -0.2) is 0 Å². The number of hydrogen-bond donors (Lipinski definition) is 1. The zero-order chi connectivity index (χ0) is 22.8. The number of ether oxygens (including phenoxy) is 2. The first-order valence-electron chi connectivity index (χ1n) is 11.2. The fourth-order valence-corrected chi connectivity index (χ4v) is 3.81. The zero-order valence-electron chi connectivity index (χ0n) is 18.9. The first kappa shape index (κ1) is 23.4. The van der Waals surface area contributed by atoms with Gasteiger partial charge in [0.25, 0.3) is 0 Å². The van der Waals surface area contributed by atoms with E-state index in [0.717, 1.165) is 24.0 Å². The molecule has 2 aromatic rings. The smallest absolute Gasteiger partial charge is 0.244 e. The summed E-state index contributed by atoms with van der Waals surface area (Å²) in [5, 5.41) is 3.05. The largest absolute Gasteiger partial charge is 0.493 e. The van der Waals surface area contributed by atoms with Crippen LogP contribution in [0.4, 0.5) is 0 Å². The topological polar surface area (TPSA) is 67.9 Å². The van der Waals surface area contributed by atoms with Crippen LogP contribution in [0.2, 0.25) is 0 Å². The number of benzene rings is 2. The Morgan fingerprint density at radius 3 is 2.53 bits per heavy atom. The van der Waals surface area contributed by atoms with Crippen molar-refractivity contribution in [2.24, 2.45) is 0 Å². The van der Waals surface area contributed by atoms with Crippen LogP contribution in [0.3, 0.4) is 0 Å². The van der Waals surface area contributed by atoms with E-state index in [1.54, 1.807) is 13.2 Å². The number of hydrogen-bond acceptors (Lipinski definition) is 4. The number of aryl methyl sites for hydroxylation is 1. The molecule has 1 saturated heterocycles. The normalized spacial score (nSPS) is 14.4. The predicted octanol–water partition coefficient (Wildman–Crippen LogP) is 3.85. The molecule has 170 valence electrons. The number of carbonyl (C=O) groups excluding carboxylic acids is 2. The fraction of sp³-hybridized carbons (Fsp3) is 0.385. The summed E-state index contributed by atoms with van der Waals surface area (Å²) in [6.07, 6.45) is 6.03. The van der Waals surface area contributed by atoms with Crippen LogP contribution in [-0.2, 0) is 16.0 Å². The van der Waals surface area contributed by atoms with Crippen LogP contribution >= 0.6 is 0 Å². The van der Waals surface area contributed by atoms with Crippen LogP contribution < -0.4 is 14.8 Å². The molecule has 1 fully saturated rings. The van der Waals surface area contributed by atoms with E-state index in [4.69, 9.17) is 9.47 Å². The van der Waals surface area contributed by atoms with Crippen LogP contribution in [0.1, 0.15) is 37.3 Å². The SMILES string of the molecule is CCOc1ccc(CCC(=O)N2CCC(NC(=O)/C=C/c3ccccc3)CC2)cc1OC. The van der Waals surface area contributed by atoms with Gasteiger partial charge in [0.1, 0.15) is 0 Å². The standard InChI is InChI=1S/C26H32N2O4/c1-3-32-23-12-9-21(19-24(23)31-2)11-14-26(30)28-17-15-22(16-18-28)27-25(29)13-10-20-7-5-4-6-8-20/h4-10,12-13,19,22H,3,11,14-18H2,1-2H3,(H,27,29)/b13-10+. The molecule has 0 saturated carbocycles. The third kappa shape index (κ3) is 6.87. The number of amides is 2. The lowest BCUT2D eigenvalue weighted by molar-refractivity contribution is -0.132. The van der Waals surface area contributed by atoms with Crippen molar-refractivity contribution in [1.82, 2.24) is 10.2 Å². The van der Waals surface area contributed by atoms with Crippen LogP contribution in [0, 0.1) is 0 Å². The van der Waals surface area contributed by atoms with Crippen molar-refractivity contribution in [2.75, 3.05) is 26.8 Å². The molecule has 2 amide bonds. The Balaban J connectivity index is 1.41. The summed E-state index contributed by atoms with van der Waals surface area (Å²) in [5.41, 5.74) is 2.04. The number of nitrogens with one attached hydrogen (secondary N) is 1. The number of likely N-dealkylation sites (tertiary alicyclic amines) is 1. The van der Waals surface area contributed by atoms with E-state index in [1.165, 1.54) is 0 Å². The second-order valence-electron chi connectivity index (χ2n) is 7.83. The lowest BCUT2D eigenvalue weighted by Gasteiger charge is -2.32. The van der Waals surface area contributed by atoms with Crippen molar-refractivity contribution >= 4 is 17.9 Å². The molecule has 1 aliphatic heterocycles. The van der Waals surface area contributed by atoms with Crippen LogP contribution in [-0.4, -0.2) is 49.6 Å². The van der Waals surface area contributed by atoms with E-state index in [-0.39, 0.29) is 17.9 Å². The highest BCUT2D eigenvalue weighted by molar-refractivity contribution is 5.91. The molecule has 0 aliphatic carbocycles. The van der Waals surface area contributed by atoms with Gasteiger partial charge in [-0.3, -0.25) is 9.59 Å². The van der Waals surface area contributed by atoms with Gasteiger partial charge in [-0.1, -0.05) is 36.4 Å². The Kier molecular flexibility index (Phi) is 8.72. The summed E-state index contributed by atoms with van der Waals surface area (Å²) in [7, 11) is 1.62. The van der Waals surface area contributed by atoms with Crippen molar-refractivity contribution in [3.8, 4) is 11.5 Å². The molecule has 2 aromatic carbocycles. The molecule has 6 nitrogen and oxygen atoms in total. The van der Waals surface area contributed by atoms with Gasteiger partial charge in [0.05, 0.1) is 13.7 Å². The van der Waals surface area contributed by atoms with E-state index >= 15 is 0 Å². The number of nitrogens with zero attached hydrogens (tertiary/aromatic N) is 1. The number of methoxy groups -OCH3 is 1. The molecule has 6 heteroatoms. The minimum absolute atomic E-state index is 0.0944. The average molecular weight is 437 g/mol. The third-order valence-electron chi connectivity index (χ3n) is 5.58. The molecule has 1 aliphatic rings.